The van der Waals surface area contributed by atoms with Gasteiger partial charge in [-0.1, -0.05) is 0 Å². The molecule has 0 spiro atoms. The number of imidazole rings is 1. The number of piperidine rings is 1. The number of hydrogen-bond donors (Lipinski definition) is 1. The second-order valence-electron chi connectivity index (χ2n) is 6.95. The molecule has 134 valence electrons. The number of hydrogen-bond acceptors (Lipinski definition) is 3. The van der Waals surface area contributed by atoms with Gasteiger partial charge in [0.2, 0.25) is 0 Å². The Morgan fingerprint density at radius 3 is 2.69 bits per heavy atom. The van der Waals surface area contributed by atoms with E-state index in [4.69, 9.17) is 0 Å². The van der Waals surface area contributed by atoms with Crippen molar-refractivity contribution in [2.45, 2.75) is 32.6 Å². The molecule has 0 aliphatic carbocycles. The number of nitrogens with zero attached hydrogens (tertiary/aromatic N) is 4. The molecule has 1 amide bonds. The highest BCUT2D eigenvalue weighted by Crippen LogP contribution is 2.25. The first kappa shape index (κ1) is 16.6. The summed E-state index contributed by atoms with van der Waals surface area (Å²) in [5.74, 6) is 1.35. The van der Waals surface area contributed by atoms with E-state index in [9.17, 15) is 4.79 Å². The zero-order valence-corrected chi connectivity index (χ0v) is 15.1. The fraction of sp³-hybridized carbons (Fsp3) is 0.350. The summed E-state index contributed by atoms with van der Waals surface area (Å²) in [6.45, 7) is 5.52. The highest BCUT2D eigenvalue weighted by atomic mass is 16.2. The number of aromatic amines is 1. The molecule has 4 rings (SSSR count). The molecule has 1 saturated heterocycles. The second-order valence-corrected chi connectivity index (χ2v) is 6.95. The average molecular weight is 349 g/mol. The van der Waals surface area contributed by atoms with Crippen molar-refractivity contribution in [3.63, 3.8) is 0 Å². The molecule has 1 unspecified atom stereocenters. The number of aryl methyl sites for hydroxylation is 2. The van der Waals surface area contributed by atoms with Crippen LogP contribution in [0.25, 0.3) is 5.69 Å². The molecule has 0 saturated carbocycles. The van der Waals surface area contributed by atoms with Crippen molar-refractivity contribution in [2.24, 2.45) is 0 Å². The number of aromatic nitrogens is 4. The van der Waals surface area contributed by atoms with Crippen molar-refractivity contribution >= 4 is 5.91 Å². The number of amides is 1. The zero-order valence-electron chi connectivity index (χ0n) is 15.1. The molecule has 2 aromatic heterocycles. The van der Waals surface area contributed by atoms with Gasteiger partial charge in [0.1, 0.15) is 5.82 Å². The maximum atomic E-state index is 12.9. The van der Waals surface area contributed by atoms with Gasteiger partial charge in [0.05, 0.1) is 11.4 Å². The van der Waals surface area contributed by atoms with Gasteiger partial charge in [0.25, 0.3) is 5.91 Å². The van der Waals surface area contributed by atoms with Crippen molar-refractivity contribution in [1.82, 2.24) is 24.6 Å². The van der Waals surface area contributed by atoms with Crippen LogP contribution in [0, 0.1) is 13.8 Å². The first-order valence-electron chi connectivity index (χ1n) is 9.04. The van der Waals surface area contributed by atoms with Crippen molar-refractivity contribution in [3.05, 3.63) is 65.5 Å². The standard InChI is InChI=1S/C20H23N5O/c1-14-12-15(2)25(23-14)18-7-5-16(6-8-18)20(26)24-11-3-4-17(13-24)19-21-9-10-22-19/h5-10,12,17H,3-4,11,13H2,1-2H3,(H,21,22). The monoisotopic (exact) mass is 349 g/mol. The molecule has 1 aliphatic heterocycles. The molecule has 6 nitrogen and oxygen atoms in total. The highest BCUT2D eigenvalue weighted by Gasteiger charge is 2.26. The van der Waals surface area contributed by atoms with E-state index in [1.54, 1.807) is 6.20 Å². The fourth-order valence-corrected chi connectivity index (χ4v) is 3.70. The van der Waals surface area contributed by atoms with Crippen molar-refractivity contribution < 1.29 is 4.79 Å². The van der Waals surface area contributed by atoms with Gasteiger partial charge in [-0.3, -0.25) is 4.79 Å². The molecule has 1 atom stereocenters. The maximum Gasteiger partial charge on any atom is 0.253 e. The van der Waals surface area contributed by atoms with Gasteiger partial charge in [-0.2, -0.15) is 5.10 Å². The summed E-state index contributed by atoms with van der Waals surface area (Å²) in [5.41, 5.74) is 3.76. The molecule has 3 aromatic rings. The van der Waals surface area contributed by atoms with Crippen LogP contribution >= 0.6 is 0 Å². The first-order chi connectivity index (χ1) is 12.6. The number of benzene rings is 1. The van der Waals surface area contributed by atoms with Gasteiger partial charge in [0.15, 0.2) is 0 Å². The summed E-state index contributed by atoms with van der Waals surface area (Å²) in [4.78, 5) is 22.4. The Kier molecular flexibility index (Phi) is 4.32. The zero-order chi connectivity index (χ0) is 18.1. The number of rotatable bonds is 3. The number of nitrogens with one attached hydrogen (secondary N) is 1. The van der Waals surface area contributed by atoms with Crippen molar-refractivity contribution in [3.8, 4) is 5.69 Å². The minimum atomic E-state index is 0.0844. The van der Waals surface area contributed by atoms with E-state index < -0.39 is 0 Å². The Bertz CT molecular complexity index is 895. The van der Waals surface area contributed by atoms with Gasteiger partial charge in [0, 0.05) is 42.7 Å². The summed E-state index contributed by atoms with van der Waals surface area (Å²) >= 11 is 0. The molecule has 1 fully saturated rings. The van der Waals surface area contributed by atoms with Gasteiger partial charge < -0.3 is 9.88 Å². The predicted octanol–water partition coefficient (Wildman–Crippen LogP) is 3.23. The lowest BCUT2D eigenvalue weighted by atomic mass is 9.96. The molecule has 26 heavy (non-hydrogen) atoms. The van der Waals surface area contributed by atoms with Crippen molar-refractivity contribution in [1.29, 1.82) is 0 Å². The molecule has 0 bridgehead atoms. The lowest BCUT2D eigenvalue weighted by Gasteiger charge is -2.32. The molecular formula is C20H23N5O. The molecule has 6 heteroatoms. The van der Waals surface area contributed by atoms with Crippen LogP contribution in [-0.2, 0) is 0 Å². The van der Waals surface area contributed by atoms with Crippen LogP contribution in [-0.4, -0.2) is 43.6 Å². The van der Waals surface area contributed by atoms with E-state index in [0.717, 1.165) is 47.8 Å². The Balaban J connectivity index is 1.50. The van der Waals surface area contributed by atoms with E-state index in [-0.39, 0.29) is 11.8 Å². The summed E-state index contributed by atoms with van der Waals surface area (Å²) < 4.78 is 1.90. The lowest BCUT2D eigenvalue weighted by Crippen LogP contribution is -2.39. The smallest absolute Gasteiger partial charge is 0.253 e. The van der Waals surface area contributed by atoms with E-state index in [0.29, 0.717) is 6.54 Å². The Hall–Kier alpha value is -2.89. The average Bonchev–Trinajstić information content (AvgIpc) is 3.31. The van der Waals surface area contributed by atoms with Crippen LogP contribution < -0.4 is 0 Å². The van der Waals surface area contributed by atoms with Crippen LogP contribution in [0.1, 0.15) is 46.3 Å². The summed E-state index contributed by atoms with van der Waals surface area (Å²) in [6.07, 6.45) is 5.68. The van der Waals surface area contributed by atoms with Crippen molar-refractivity contribution in [2.75, 3.05) is 13.1 Å². The Morgan fingerprint density at radius 2 is 2.04 bits per heavy atom. The third-order valence-corrected chi connectivity index (χ3v) is 4.98. The molecular weight excluding hydrogens is 326 g/mol. The number of H-pyrrole nitrogens is 1. The van der Waals surface area contributed by atoms with E-state index >= 15 is 0 Å². The van der Waals surface area contributed by atoms with Crippen LogP contribution in [0.4, 0.5) is 0 Å². The fourth-order valence-electron chi connectivity index (χ4n) is 3.70. The van der Waals surface area contributed by atoms with Crippen LogP contribution in [0.3, 0.4) is 0 Å². The summed E-state index contributed by atoms with van der Waals surface area (Å²) in [6, 6.07) is 9.75. The molecule has 0 radical (unpaired) electrons. The second kappa shape index (κ2) is 6.78. The third kappa shape index (κ3) is 3.14. The van der Waals surface area contributed by atoms with E-state index in [1.807, 2.05) is 60.0 Å². The third-order valence-electron chi connectivity index (χ3n) is 4.98. The summed E-state index contributed by atoms with van der Waals surface area (Å²) in [7, 11) is 0. The SMILES string of the molecule is Cc1cc(C)n(-c2ccc(C(=O)N3CCCC(c4ncc[nH]4)C3)cc2)n1. The number of likely N-dealkylation sites (tertiary alicyclic amines) is 1. The van der Waals surface area contributed by atoms with Gasteiger partial charge in [-0.15, -0.1) is 0 Å². The van der Waals surface area contributed by atoms with Gasteiger partial charge >= 0.3 is 0 Å². The summed E-state index contributed by atoms with van der Waals surface area (Å²) in [5, 5.41) is 4.49. The molecule has 1 aliphatic rings. The largest absolute Gasteiger partial charge is 0.348 e. The van der Waals surface area contributed by atoms with Crippen LogP contribution in [0.2, 0.25) is 0 Å². The number of carbonyl (C=O) groups excluding carboxylic acids is 1. The van der Waals surface area contributed by atoms with E-state index in [2.05, 4.69) is 15.1 Å². The van der Waals surface area contributed by atoms with Gasteiger partial charge in [-0.05, 0) is 57.0 Å². The van der Waals surface area contributed by atoms with Gasteiger partial charge in [-0.25, -0.2) is 9.67 Å². The minimum absolute atomic E-state index is 0.0844. The maximum absolute atomic E-state index is 12.9. The predicted molar refractivity (Wildman–Crippen MR) is 99.5 cm³/mol. The first-order valence-corrected chi connectivity index (χ1v) is 9.04. The highest BCUT2D eigenvalue weighted by molar-refractivity contribution is 5.94. The quantitative estimate of drug-likeness (QED) is 0.789. The normalized spacial score (nSPS) is 17.5. The lowest BCUT2D eigenvalue weighted by molar-refractivity contribution is 0.0705. The minimum Gasteiger partial charge on any atom is -0.348 e. The topological polar surface area (TPSA) is 66.8 Å². The molecule has 1 aromatic carbocycles. The molecule has 1 N–H and O–H groups in total. The Morgan fingerprint density at radius 1 is 1.23 bits per heavy atom. The van der Waals surface area contributed by atoms with Crippen LogP contribution in [0.15, 0.2) is 42.7 Å². The Labute approximate surface area is 152 Å². The number of carbonyl (C=O) groups is 1. The van der Waals surface area contributed by atoms with Crippen LogP contribution in [0.5, 0.6) is 0 Å². The van der Waals surface area contributed by atoms with E-state index in [1.165, 1.54) is 0 Å². The molecule has 3 heterocycles.